The summed E-state index contributed by atoms with van der Waals surface area (Å²) in [5.41, 5.74) is -0.205. The lowest BCUT2D eigenvalue weighted by atomic mass is 10.1. The predicted molar refractivity (Wildman–Crippen MR) is 105 cm³/mol. The molecule has 3 N–H and O–H groups in total. The molecule has 2 rings (SSSR count). The van der Waals surface area contributed by atoms with Gasteiger partial charge in [-0.25, -0.2) is 4.99 Å². The molecule has 0 aliphatic carbocycles. The van der Waals surface area contributed by atoms with E-state index < -0.39 is 18.4 Å². The second-order valence-corrected chi connectivity index (χ2v) is 7.30. The van der Waals surface area contributed by atoms with Crippen LogP contribution in [0, 0.1) is 0 Å². The normalized spacial score (nSPS) is 14.4. The van der Waals surface area contributed by atoms with Crippen LogP contribution in [0.3, 0.4) is 0 Å². The maximum absolute atomic E-state index is 12.2. The highest BCUT2D eigenvalue weighted by molar-refractivity contribution is 7.10. The number of benzene rings is 1. The van der Waals surface area contributed by atoms with E-state index in [-0.39, 0.29) is 12.3 Å². The first-order valence-corrected chi connectivity index (χ1v) is 9.64. The van der Waals surface area contributed by atoms with Gasteiger partial charge in [0, 0.05) is 11.4 Å². The third-order valence-electron chi connectivity index (χ3n) is 3.74. The van der Waals surface area contributed by atoms with Crippen LogP contribution in [-0.4, -0.2) is 36.9 Å². The Morgan fingerprint density at radius 3 is 2.46 bits per heavy atom. The van der Waals surface area contributed by atoms with Gasteiger partial charge in [-0.05, 0) is 43.0 Å². The zero-order valence-electron chi connectivity index (χ0n) is 15.7. The Kier molecular flexibility index (Phi) is 7.70. The number of rotatable bonds is 8. The molecule has 0 aliphatic rings. The van der Waals surface area contributed by atoms with Gasteiger partial charge in [-0.3, -0.25) is 0 Å². The predicted octanol–water partition coefficient (Wildman–Crippen LogP) is 3.65. The zero-order chi connectivity index (χ0) is 20.6. The molecule has 28 heavy (non-hydrogen) atoms. The van der Waals surface area contributed by atoms with Crippen molar-refractivity contribution in [3.63, 3.8) is 0 Å². The molecule has 5 nitrogen and oxygen atoms in total. The van der Waals surface area contributed by atoms with E-state index in [9.17, 15) is 18.3 Å². The lowest BCUT2D eigenvalue weighted by Crippen LogP contribution is -2.44. The van der Waals surface area contributed by atoms with Crippen molar-refractivity contribution in [3.05, 3.63) is 52.2 Å². The molecule has 2 aromatic rings. The van der Waals surface area contributed by atoms with E-state index in [2.05, 4.69) is 20.4 Å². The van der Waals surface area contributed by atoms with Crippen LogP contribution in [-0.2, 0) is 12.1 Å². The number of alkyl halides is 3. The number of hydrogen-bond donors (Lipinski definition) is 3. The summed E-state index contributed by atoms with van der Waals surface area (Å²) in [6, 6.07) is 10.1. The summed E-state index contributed by atoms with van der Waals surface area (Å²) in [5, 5.41) is 18.7. The van der Waals surface area contributed by atoms with Crippen LogP contribution in [0.25, 0.3) is 0 Å². The number of aliphatic imine (C=N–C) groups is 1. The summed E-state index contributed by atoms with van der Waals surface area (Å²) in [4.78, 5) is 5.30. The molecule has 0 radical (unpaired) electrons. The standard InChI is InChI=1S/C19H24F3N3O2S/c1-3-23-17(25-12-18(2,26)16-5-4-10-28-16)24-11-14-6-8-15(9-7-14)27-13-19(20,21)22/h4-10,26H,3,11-13H2,1-2H3,(H2,23,24,25). The van der Waals surface area contributed by atoms with Crippen LogP contribution in [0.5, 0.6) is 5.75 Å². The van der Waals surface area contributed by atoms with E-state index in [1.807, 2.05) is 24.4 Å². The average Bonchev–Trinajstić information content (AvgIpc) is 3.18. The highest BCUT2D eigenvalue weighted by atomic mass is 32.1. The van der Waals surface area contributed by atoms with Crippen LogP contribution < -0.4 is 15.4 Å². The molecule has 154 valence electrons. The molecule has 1 aromatic carbocycles. The van der Waals surface area contributed by atoms with Crippen LogP contribution in [0.2, 0.25) is 0 Å². The molecule has 1 aromatic heterocycles. The Morgan fingerprint density at radius 1 is 1.18 bits per heavy atom. The van der Waals surface area contributed by atoms with E-state index in [1.54, 1.807) is 19.1 Å². The Bertz CT molecular complexity index is 745. The molecule has 0 saturated heterocycles. The van der Waals surface area contributed by atoms with E-state index in [0.717, 1.165) is 10.4 Å². The summed E-state index contributed by atoms with van der Waals surface area (Å²) >= 11 is 1.48. The zero-order valence-corrected chi connectivity index (χ0v) is 16.5. The lowest BCUT2D eigenvalue weighted by Gasteiger charge is -2.23. The molecule has 0 bridgehead atoms. The number of ether oxygens (including phenoxy) is 1. The van der Waals surface area contributed by atoms with Crippen molar-refractivity contribution in [2.24, 2.45) is 4.99 Å². The maximum atomic E-state index is 12.2. The van der Waals surface area contributed by atoms with Gasteiger partial charge in [0.1, 0.15) is 11.4 Å². The molecule has 1 heterocycles. The quantitative estimate of drug-likeness (QED) is 0.455. The SMILES string of the molecule is CCNC(=NCc1ccc(OCC(F)(F)F)cc1)NCC(C)(O)c1cccs1. The average molecular weight is 415 g/mol. The minimum atomic E-state index is -4.36. The van der Waals surface area contributed by atoms with Gasteiger partial charge in [-0.2, -0.15) is 13.2 Å². The first-order chi connectivity index (χ1) is 13.2. The van der Waals surface area contributed by atoms with Crippen LogP contribution in [0.4, 0.5) is 13.2 Å². The van der Waals surface area contributed by atoms with Gasteiger partial charge in [0.25, 0.3) is 0 Å². The van der Waals surface area contributed by atoms with Crippen LogP contribution in [0.15, 0.2) is 46.8 Å². The first-order valence-electron chi connectivity index (χ1n) is 8.76. The number of nitrogens with one attached hydrogen (secondary N) is 2. The fourth-order valence-corrected chi connectivity index (χ4v) is 3.08. The highest BCUT2D eigenvalue weighted by Gasteiger charge is 2.28. The van der Waals surface area contributed by atoms with E-state index in [1.165, 1.54) is 23.5 Å². The third kappa shape index (κ3) is 7.40. The Hall–Kier alpha value is -2.26. The molecule has 1 atom stereocenters. The van der Waals surface area contributed by atoms with E-state index >= 15 is 0 Å². The summed E-state index contributed by atoms with van der Waals surface area (Å²) in [5.74, 6) is 0.693. The Morgan fingerprint density at radius 2 is 1.89 bits per heavy atom. The first kappa shape index (κ1) is 22.0. The van der Waals surface area contributed by atoms with Crippen molar-refractivity contribution in [2.45, 2.75) is 32.2 Å². The number of nitrogens with zero attached hydrogens (tertiary/aromatic N) is 1. The van der Waals surface area contributed by atoms with Crippen molar-refractivity contribution in [3.8, 4) is 5.75 Å². The maximum Gasteiger partial charge on any atom is 0.422 e. The van der Waals surface area contributed by atoms with Gasteiger partial charge in [0.15, 0.2) is 12.6 Å². The largest absolute Gasteiger partial charge is 0.484 e. The third-order valence-corrected chi connectivity index (χ3v) is 4.86. The van der Waals surface area contributed by atoms with Crippen molar-refractivity contribution < 1.29 is 23.0 Å². The Balaban J connectivity index is 1.93. The molecule has 1 unspecified atom stereocenters. The van der Waals surface area contributed by atoms with Crippen molar-refractivity contribution in [1.29, 1.82) is 0 Å². The van der Waals surface area contributed by atoms with Crippen LogP contribution in [0.1, 0.15) is 24.3 Å². The van der Waals surface area contributed by atoms with Gasteiger partial charge in [0.05, 0.1) is 13.1 Å². The number of halogens is 3. The molecule has 0 spiro atoms. The number of hydrogen-bond acceptors (Lipinski definition) is 4. The lowest BCUT2D eigenvalue weighted by molar-refractivity contribution is -0.153. The smallest absolute Gasteiger partial charge is 0.422 e. The second-order valence-electron chi connectivity index (χ2n) is 6.35. The molecular weight excluding hydrogens is 391 g/mol. The van der Waals surface area contributed by atoms with Gasteiger partial charge < -0.3 is 20.5 Å². The molecule has 0 saturated carbocycles. The minimum Gasteiger partial charge on any atom is -0.484 e. The van der Waals surface area contributed by atoms with Gasteiger partial charge in [-0.15, -0.1) is 11.3 Å². The van der Waals surface area contributed by atoms with Gasteiger partial charge in [0.2, 0.25) is 0 Å². The monoisotopic (exact) mass is 415 g/mol. The highest BCUT2D eigenvalue weighted by Crippen LogP contribution is 2.24. The molecule has 0 amide bonds. The summed E-state index contributed by atoms with van der Waals surface area (Å²) in [7, 11) is 0. The van der Waals surface area contributed by atoms with E-state index in [4.69, 9.17) is 0 Å². The summed E-state index contributed by atoms with van der Waals surface area (Å²) in [6.07, 6.45) is -4.36. The number of aliphatic hydroxyl groups is 1. The van der Waals surface area contributed by atoms with Crippen molar-refractivity contribution >= 4 is 17.3 Å². The molecular formula is C19H24F3N3O2S. The molecule has 9 heteroatoms. The number of guanidine groups is 1. The summed E-state index contributed by atoms with van der Waals surface area (Å²) in [6.45, 7) is 3.61. The fourth-order valence-electron chi connectivity index (χ4n) is 2.30. The second kappa shape index (κ2) is 9.79. The van der Waals surface area contributed by atoms with E-state index in [0.29, 0.717) is 19.0 Å². The summed E-state index contributed by atoms with van der Waals surface area (Å²) < 4.78 is 41.2. The van der Waals surface area contributed by atoms with Crippen molar-refractivity contribution in [1.82, 2.24) is 10.6 Å². The topological polar surface area (TPSA) is 65.9 Å². The van der Waals surface area contributed by atoms with Gasteiger partial charge in [-0.1, -0.05) is 18.2 Å². The Labute approximate surface area is 166 Å². The minimum absolute atomic E-state index is 0.155. The van der Waals surface area contributed by atoms with Gasteiger partial charge >= 0.3 is 6.18 Å². The van der Waals surface area contributed by atoms with Crippen molar-refractivity contribution in [2.75, 3.05) is 19.7 Å². The molecule has 0 fully saturated rings. The van der Waals surface area contributed by atoms with Crippen LogP contribution >= 0.6 is 11.3 Å². The fraction of sp³-hybridized carbons (Fsp3) is 0.421. The molecule has 0 aliphatic heterocycles. The number of thiophene rings is 1.